The van der Waals surface area contributed by atoms with E-state index in [-0.39, 0.29) is 23.7 Å². The van der Waals surface area contributed by atoms with Crippen molar-refractivity contribution in [3.05, 3.63) is 109 Å². The number of para-hydroxylation sites is 1. The molecule has 0 spiro atoms. The lowest BCUT2D eigenvalue weighted by Crippen LogP contribution is -2.58. The van der Waals surface area contributed by atoms with Crippen molar-refractivity contribution in [3.63, 3.8) is 0 Å². The van der Waals surface area contributed by atoms with Gasteiger partial charge >= 0.3 is 0 Å². The zero-order valence-corrected chi connectivity index (χ0v) is 22.6. The summed E-state index contributed by atoms with van der Waals surface area (Å²) in [6.45, 7) is 3.23. The summed E-state index contributed by atoms with van der Waals surface area (Å²) in [5.41, 5.74) is 0.651. The van der Waals surface area contributed by atoms with Crippen molar-refractivity contribution in [3.8, 4) is 17.2 Å². The van der Waals surface area contributed by atoms with Gasteiger partial charge in [-0.25, -0.2) is 13.8 Å². The van der Waals surface area contributed by atoms with Gasteiger partial charge in [-0.05, 0) is 55.8 Å². The smallest absolute Gasteiger partial charge is 0.270 e. The molecule has 0 radical (unpaired) electrons. The Morgan fingerprint density at radius 3 is 2.67 bits per heavy atom. The number of nitrogens with zero attached hydrogens (tertiary/aromatic N) is 2. The summed E-state index contributed by atoms with van der Waals surface area (Å²) in [6.07, 6.45) is 1.73. The number of carbonyl (C=O) groups excluding carboxylic acids is 1. The highest BCUT2D eigenvalue weighted by Gasteiger charge is 2.53. The van der Waals surface area contributed by atoms with Crippen LogP contribution in [0.25, 0.3) is 6.08 Å². The Labute approximate surface area is 231 Å². The van der Waals surface area contributed by atoms with Crippen LogP contribution in [0.1, 0.15) is 36.6 Å². The average Bonchev–Trinajstić information content (AvgIpc) is 3.20. The predicted molar refractivity (Wildman–Crippen MR) is 144 cm³/mol. The van der Waals surface area contributed by atoms with Crippen LogP contribution in [0.5, 0.6) is 17.2 Å². The second kappa shape index (κ2) is 9.71. The first kappa shape index (κ1) is 25.9. The minimum atomic E-state index is -1.14. The highest BCUT2D eigenvalue weighted by molar-refractivity contribution is 7.07. The van der Waals surface area contributed by atoms with Crippen molar-refractivity contribution in [1.82, 2.24) is 4.57 Å². The maximum Gasteiger partial charge on any atom is 0.270 e. The van der Waals surface area contributed by atoms with Gasteiger partial charge in [-0.1, -0.05) is 35.6 Å². The number of carbonyl (C=O) groups is 1. The normalized spacial score (nSPS) is 21.1. The summed E-state index contributed by atoms with van der Waals surface area (Å²) in [4.78, 5) is 31.8. The predicted octanol–water partition coefficient (Wildman–Crippen LogP) is 4.14. The van der Waals surface area contributed by atoms with E-state index in [0.717, 1.165) is 17.7 Å². The number of Topliss-reactive ketones (excluding diaryl/α,β-unsaturated/α-hetero) is 1. The van der Waals surface area contributed by atoms with Gasteiger partial charge in [0.15, 0.2) is 16.4 Å². The molecule has 204 valence electrons. The molecular formula is C30H24F2N2O5S. The molecule has 2 aliphatic heterocycles. The lowest BCUT2D eigenvalue weighted by molar-refractivity contribution is -0.132. The lowest BCUT2D eigenvalue weighted by Gasteiger charge is -2.45. The third-order valence-electron chi connectivity index (χ3n) is 7.20. The largest absolute Gasteiger partial charge is 0.496 e. The quantitative estimate of drug-likeness (QED) is 0.353. The number of thiazole rings is 1. The Hall–Kier alpha value is -4.31. The number of benzene rings is 3. The number of aromatic nitrogens is 1. The number of ketones is 1. The van der Waals surface area contributed by atoms with Gasteiger partial charge in [0.25, 0.3) is 5.56 Å². The van der Waals surface area contributed by atoms with E-state index in [2.05, 4.69) is 0 Å². The van der Waals surface area contributed by atoms with E-state index < -0.39 is 29.3 Å². The van der Waals surface area contributed by atoms with Crippen LogP contribution < -0.4 is 29.1 Å². The van der Waals surface area contributed by atoms with Crippen LogP contribution in [0.4, 0.5) is 8.78 Å². The molecule has 40 heavy (non-hydrogen) atoms. The third kappa shape index (κ3) is 4.28. The SMILES string of the molecule is COc1ccc(/C=c2/sc3n(c2=O)[C@H]2c4ccccc4O[C@@](C)(N=3)[C@@H]2C(C)=O)cc1COc1ccc(F)cc1F. The van der Waals surface area contributed by atoms with Crippen molar-refractivity contribution in [2.24, 2.45) is 10.9 Å². The summed E-state index contributed by atoms with van der Waals surface area (Å²) in [5, 5.41) is 0. The first-order chi connectivity index (χ1) is 19.2. The summed E-state index contributed by atoms with van der Waals surface area (Å²) in [7, 11) is 1.51. The molecule has 0 N–H and O–H groups in total. The van der Waals surface area contributed by atoms with Gasteiger partial charge in [-0.2, -0.15) is 0 Å². The molecule has 0 saturated carbocycles. The molecule has 0 saturated heterocycles. The number of hydrogen-bond donors (Lipinski definition) is 0. The fourth-order valence-corrected chi connectivity index (χ4v) is 6.56. The highest BCUT2D eigenvalue weighted by Crippen LogP contribution is 2.47. The molecule has 2 aliphatic rings. The Balaban J connectivity index is 1.42. The molecule has 0 amide bonds. The maximum atomic E-state index is 14.1. The molecule has 7 nitrogen and oxygen atoms in total. The van der Waals surface area contributed by atoms with E-state index >= 15 is 0 Å². The molecule has 4 aromatic rings. The second-order valence-corrected chi connectivity index (χ2v) is 10.9. The fraction of sp³-hybridized carbons (Fsp3) is 0.233. The van der Waals surface area contributed by atoms with E-state index in [4.69, 9.17) is 19.2 Å². The molecule has 1 aromatic heterocycles. The number of fused-ring (bicyclic) bond motifs is 6. The molecule has 0 fully saturated rings. The van der Waals surface area contributed by atoms with Gasteiger partial charge < -0.3 is 14.2 Å². The van der Waals surface area contributed by atoms with E-state index in [9.17, 15) is 18.4 Å². The maximum absolute atomic E-state index is 14.1. The van der Waals surface area contributed by atoms with Gasteiger partial charge in [-0.15, -0.1) is 0 Å². The van der Waals surface area contributed by atoms with Gasteiger partial charge in [0.2, 0.25) is 5.72 Å². The minimum absolute atomic E-state index is 0.0441. The fourth-order valence-electron chi connectivity index (χ4n) is 5.46. The average molecular weight is 563 g/mol. The lowest BCUT2D eigenvalue weighted by atomic mass is 9.79. The molecule has 3 heterocycles. The van der Waals surface area contributed by atoms with Crippen molar-refractivity contribution in [1.29, 1.82) is 0 Å². The van der Waals surface area contributed by atoms with Gasteiger partial charge in [-0.3, -0.25) is 14.2 Å². The van der Waals surface area contributed by atoms with Crippen molar-refractivity contribution < 1.29 is 27.8 Å². The van der Waals surface area contributed by atoms with Crippen molar-refractivity contribution in [2.75, 3.05) is 7.11 Å². The number of rotatable bonds is 6. The summed E-state index contributed by atoms with van der Waals surface area (Å²) < 4.78 is 46.6. The number of hydrogen-bond acceptors (Lipinski definition) is 7. The summed E-state index contributed by atoms with van der Waals surface area (Å²) in [6, 6.07) is 15.2. The molecule has 3 atom stereocenters. The van der Waals surface area contributed by atoms with Crippen LogP contribution >= 0.6 is 11.3 Å². The van der Waals surface area contributed by atoms with Crippen molar-refractivity contribution >= 4 is 23.2 Å². The molecule has 2 bridgehead atoms. The number of halogens is 2. The van der Waals surface area contributed by atoms with Gasteiger partial charge in [0, 0.05) is 17.2 Å². The van der Waals surface area contributed by atoms with E-state index in [1.807, 2.05) is 24.3 Å². The number of ether oxygens (including phenoxy) is 3. The van der Waals surface area contributed by atoms with Gasteiger partial charge in [0.1, 0.15) is 35.6 Å². The molecule has 0 unspecified atom stereocenters. The Morgan fingerprint density at radius 1 is 1.15 bits per heavy atom. The van der Waals surface area contributed by atoms with E-state index in [1.165, 1.54) is 31.4 Å². The van der Waals surface area contributed by atoms with E-state index in [1.54, 1.807) is 35.8 Å². The van der Waals surface area contributed by atoms with Crippen LogP contribution in [0.15, 0.2) is 70.5 Å². The monoisotopic (exact) mass is 562 g/mol. The molecular weight excluding hydrogens is 538 g/mol. The minimum Gasteiger partial charge on any atom is -0.496 e. The zero-order chi connectivity index (χ0) is 28.2. The Bertz CT molecular complexity index is 1850. The topological polar surface area (TPSA) is 79.1 Å². The Kier molecular flexibility index (Phi) is 6.29. The first-order valence-electron chi connectivity index (χ1n) is 12.5. The standard InChI is InChI=1S/C30H24F2N2O5S/c1-16(35)26-27-20-6-4-5-7-23(20)39-30(26,2)33-29-34(27)28(36)25(40-29)13-17-8-10-22(37-3)18(12-17)15-38-24-11-9-19(31)14-21(24)32/h4-14,26-27H,15H2,1-3H3/b25-13+/t26-,27+,30-/m1/s1. The highest BCUT2D eigenvalue weighted by atomic mass is 32.1. The van der Waals surface area contributed by atoms with Crippen molar-refractivity contribution in [2.45, 2.75) is 32.2 Å². The Morgan fingerprint density at radius 2 is 1.93 bits per heavy atom. The summed E-state index contributed by atoms with van der Waals surface area (Å²) >= 11 is 1.22. The van der Waals surface area contributed by atoms with Crippen LogP contribution in [-0.2, 0) is 11.4 Å². The van der Waals surface area contributed by atoms with E-state index in [0.29, 0.717) is 32.0 Å². The van der Waals surface area contributed by atoms with Crippen LogP contribution in [-0.4, -0.2) is 23.2 Å². The molecule has 10 heteroatoms. The molecule has 3 aromatic carbocycles. The molecule has 0 aliphatic carbocycles. The first-order valence-corrected chi connectivity index (χ1v) is 13.4. The zero-order valence-electron chi connectivity index (χ0n) is 21.8. The van der Waals surface area contributed by atoms with Gasteiger partial charge in [0.05, 0.1) is 17.7 Å². The second-order valence-electron chi connectivity index (χ2n) is 9.84. The number of methoxy groups -OCH3 is 1. The van der Waals surface area contributed by atoms with Crippen LogP contribution in [0.2, 0.25) is 0 Å². The molecule has 6 rings (SSSR count). The third-order valence-corrected chi connectivity index (χ3v) is 8.18. The summed E-state index contributed by atoms with van der Waals surface area (Å²) in [5.74, 6) is -1.26. The van der Waals surface area contributed by atoms with Crippen LogP contribution in [0.3, 0.4) is 0 Å². The van der Waals surface area contributed by atoms with Crippen LogP contribution in [0, 0.1) is 17.6 Å².